The first-order valence-electron chi connectivity index (χ1n) is 16.8. The Morgan fingerprint density at radius 1 is 0.810 bits per heavy atom. The molecule has 9 aliphatic rings. The summed E-state index contributed by atoms with van der Waals surface area (Å²) in [5.74, 6) is -0.323. The Morgan fingerprint density at radius 2 is 1.33 bits per heavy atom. The first-order valence-corrected chi connectivity index (χ1v) is 16.8. The molecule has 9 rings (SSSR count). The summed E-state index contributed by atoms with van der Waals surface area (Å²) >= 11 is 0. The summed E-state index contributed by atoms with van der Waals surface area (Å²) in [6, 6.07) is 0. The van der Waals surface area contributed by atoms with Gasteiger partial charge in [-0.1, -0.05) is 20.8 Å². The second kappa shape index (κ2) is 9.92. The molecule has 8 aliphatic carbocycles. The molecule has 0 aromatic carbocycles. The number of rotatable bonds is 11. The first-order chi connectivity index (χ1) is 19.9. The summed E-state index contributed by atoms with van der Waals surface area (Å²) in [5.41, 5.74) is -1.97. The number of hydrogen-bond donors (Lipinski definition) is 1. The third-order valence-electron chi connectivity index (χ3n) is 12.5. The molecule has 1 saturated heterocycles. The quantitative estimate of drug-likeness (QED) is 0.308. The molecule has 0 aromatic rings. The molecule has 9 fully saturated rings. The van der Waals surface area contributed by atoms with Crippen molar-refractivity contribution in [3.63, 3.8) is 0 Å². The minimum Gasteiger partial charge on any atom is -0.481 e. The molecule has 8 bridgehead atoms. The number of hydrogen-bond acceptors (Lipinski definition) is 7. The van der Waals surface area contributed by atoms with Crippen molar-refractivity contribution in [3.8, 4) is 0 Å². The molecule has 8 heteroatoms. The monoisotopic (exact) mass is 586 g/mol. The van der Waals surface area contributed by atoms with Crippen LogP contribution in [-0.2, 0) is 33.3 Å². The lowest BCUT2D eigenvalue weighted by Crippen LogP contribution is -2.62. The van der Waals surface area contributed by atoms with E-state index in [-0.39, 0.29) is 28.9 Å². The minimum absolute atomic E-state index is 0.0929. The van der Waals surface area contributed by atoms with Gasteiger partial charge >= 0.3 is 17.9 Å². The van der Waals surface area contributed by atoms with Gasteiger partial charge in [0.05, 0.1) is 42.7 Å². The topological polar surface area (TPSA) is 108 Å². The van der Waals surface area contributed by atoms with Crippen molar-refractivity contribution in [1.82, 2.24) is 0 Å². The summed E-state index contributed by atoms with van der Waals surface area (Å²) in [6.07, 6.45) is 11.4. The highest BCUT2D eigenvalue weighted by Crippen LogP contribution is 2.63. The van der Waals surface area contributed by atoms with Crippen LogP contribution in [0.1, 0.15) is 111 Å². The number of aliphatic carboxylic acids is 1. The average molecular weight is 587 g/mol. The van der Waals surface area contributed by atoms with Crippen molar-refractivity contribution in [2.75, 3.05) is 19.8 Å². The zero-order valence-electron chi connectivity index (χ0n) is 25.8. The lowest BCUT2D eigenvalue weighted by molar-refractivity contribution is -0.253. The van der Waals surface area contributed by atoms with Crippen molar-refractivity contribution in [2.45, 2.75) is 127 Å². The SMILES string of the molecule is CCC(CC(C)C(=O)OC12CC3CC(C1)CC(C(=O)O)(C3)C2)C(=O)OC12CC3CC(CC(OCC4(C)COC4)(C3)C1)C2. The molecular formula is C34H50O8. The van der Waals surface area contributed by atoms with Gasteiger partial charge in [0.1, 0.15) is 11.2 Å². The number of carbonyl (C=O) groups is 3. The number of carboxylic acids is 1. The van der Waals surface area contributed by atoms with Gasteiger partial charge in [-0.3, -0.25) is 14.4 Å². The zero-order chi connectivity index (χ0) is 29.5. The van der Waals surface area contributed by atoms with Gasteiger partial charge in [-0.05, 0) is 101 Å². The van der Waals surface area contributed by atoms with Gasteiger partial charge in [0, 0.05) is 18.3 Å². The Labute approximate surface area is 249 Å². The van der Waals surface area contributed by atoms with E-state index in [1.807, 2.05) is 13.8 Å². The molecule has 0 spiro atoms. The Bertz CT molecular complexity index is 1100. The van der Waals surface area contributed by atoms with Gasteiger partial charge in [-0.25, -0.2) is 0 Å². The van der Waals surface area contributed by atoms with Gasteiger partial charge < -0.3 is 24.1 Å². The van der Waals surface area contributed by atoms with Gasteiger partial charge in [-0.15, -0.1) is 0 Å². The zero-order valence-corrected chi connectivity index (χ0v) is 25.8. The maximum absolute atomic E-state index is 13.7. The van der Waals surface area contributed by atoms with Crippen LogP contribution in [-0.4, -0.2) is 59.6 Å². The van der Waals surface area contributed by atoms with Crippen LogP contribution in [0.5, 0.6) is 0 Å². The molecule has 234 valence electrons. The van der Waals surface area contributed by atoms with E-state index in [4.69, 9.17) is 18.9 Å². The molecule has 0 amide bonds. The first kappa shape index (κ1) is 29.1. The predicted octanol–water partition coefficient (Wildman–Crippen LogP) is 5.69. The highest BCUT2D eigenvalue weighted by molar-refractivity contribution is 5.78. The van der Waals surface area contributed by atoms with Crippen LogP contribution in [0, 0.1) is 46.3 Å². The molecule has 1 heterocycles. The highest BCUT2D eigenvalue weighted by atomic mass is 16.6. The number of carbonyl (C=O) groups excluding carboxylic acids is 2. The molecule has 0 aromatic heterocycles. The number of ether oxygens (including phenoxy) is 4. The van der Waals surface area contributed by atoms with Gasteiger partial charge in [0.2, 0.25) is 0 Å². The summed E-state index contributed by atoms with van der Waals surface area (Å²) in [5, 5.41) is 10.1. The van der Waals surface area contributed by atoms with Crippen LogP contribution in [0.15, 0.2) is 0 Å². The molecule has 1 N–H and O–H groups in total. The maximum atomic E-state index is 13.7. The second-order valence-electron chi connectivity index (χ2n) is 16.7. The van der Waals surface area contributed by atoms with Crippen molar-refractivity contribution >= 4 is 17.9 Å². The van der Waals surface area contributed by atoms with Crippen LogP contribution >= 0.6 is 0 Å². The summed E-state index contributed by atoms with van der Waals surface area (Å²) < 4.78 is 24.9. The van der Waals surface area contributed by atoms with E-state index in [0.29, 0.717) is 62.4 Å². The third kappa shape index (κ3) is 5.00. The highest BCUT2D eigenvalue weighted by Gasteiger charge is 2.63. The summed E-state index contributed by atoms with van der Waals surface area (Å²) in [7, 11) is 0. The van der Waals surface area contributed by atoms with Crippen molar-refractivity contribution in [2.24, 2.45) is 46.3 Å². The lowest BCUT2D eigenvalue weighted by atomic mass is 9.48. The van der Waals surface area contributed by atoms with Gasteiger partial charge in [0.15, 0.2) is 0 Å². The van der Waals surface area contributed by atoms with Crippen LogP contribution in [0.4, 0.5) is 0 Å². The number of carboxylic acid groups (broad SMARTS) is 1. The third-order valence-corrected chi connectivity index (χ3v) is 12.5. The fourth-order valence-electron chi connectivity index (χ4n) is 11.4. The van der Waals surface area contributed by atoms with Crippen LogP contribution in [0.2, 0.25) is 0 Å². The summed E-state index contributed by atoms with van der Waals surface area (Å²) in [4.78, 5) is 39.4. The van der Waals surface area contributed by atoms with Gasteiger partial charge in [0.25, 0.3) is 0 Å². The molecule has 42 heavy (non-hydrogen) atoms. The molecule has 1 aliphatic heterocycles. The van der Waals surface area contributed by atoms with E-state index in [9.17, 15) is 19.5 Å². The van der Waals surface area contributed by atoms with Crippen LogP contribution in [0.25, 0.3) is 0 Å². The fourth-order valence-corrected chi connectivity index (χ4v) is 11.4. The molecular weight excluding hydrogens is 536 g/mol. The predicted molar refractivity (Wildman–Crippen MR) is 152 cm³/mol. The smallest absolute Gasteiger partial charge is 0.309 e. The Balaban J connectivity index is 0.983. The van der Waals surface area contributed by atoms with E-state index < -0.39 is 28.5 Å². The van der Waals surface area contributed by atoms with Crippen molar-refractivity contribution < 1.29 is 38.4 Å². The molecule has 0 radical (unpaired) electrons. The van der Waals surface area contributed by atoms with E-state index in [2.05, 4.69) is 6.92 Å². The Hall–Kier alpha value is -1.67. The summed E-state index contributed by atoms with van der Waals surface area (Å²) in [6.45, 7) is 8.26. The minimum atomic E-state index is -0.744. The van der Waals surface area contributed by atoms with Crippen molar-refractivity contribution in [1.29, 1.82) is 0 Å². The van der Waals surface area contributed by atoms with E-state index in [0.717, 1.165) is 64.6 Å². The molecule has 8 nitrogen and oxygen atoms in total. The van der Waals surface area contributed by atoms with Gasteiger partial charge in [-0.2, -0.15) is 0 Å². The Kier molecular flexibility index (Phi) is 6.86. The normalized spacial score (nSPS) is 45.2. The fraction of sp³-hybridized carbons (Fsp3) is 0.912. The van der Waals surface area contributed by atoms with Crippen LogP contribution in [0.3, 0.4) is 0 Å². The maximum Gasteiger partial charge on any atom is 0.309 e. The lowest BCUT2D eigenvalue weighted by Gasteiger charge is -2.61. The van der Waals surface area contributed by atoms with Crippen LogP contribution < -0.4 is 0 Å². The van der Waals surface area contributed by atoms with E-state index in [1.54, 1.807) is 0 Å². The largest absolute Gasteiger partial charge is 0.481 e. The average Bonchev–Trinajstić information content (AvgIpc) is 2.87. The number of esters is 2. The second-order valence-corrected chi connectivity index (χ2v) is 16.7. The van der Waals surface area contributed by atoms with E-state index >= 15 is 0 Å². The van der Waals surface area contributed by atoms with E-state index in [1.165, 1.54) is 6.42 Å². The molecule has 8 saturated carbocycles. The molecule has 6 atom stereocenters. The standard InChI is InChI=1S/C34H50O8/c1-4-26(5-21(2)27(35)41-33-12-22-6-23(13-33)9-31(8-22,16-33)29(37)38)28(36)42-34-14-24-7-25(15-34)11-32(10-24,17-34)40-20-30(3)18-39-19-30/h21-26H,4-20H2,1-3H3,(H,37,38). The Morgan fingerprint density at radius 3 is 1.86 bits per heavy atom. The molecule has 6 unspecified atom stereocenters. The van der Waals surface area contributed by atoms with Crippen molar-refractivity contribution in [3.05, 3.63) is 0 Å².